The lowest BCUT2D eigenvalue weighted by atomic mass is 10.0. The van der Waals surface area contributed by atoms with Gasteiger partial charge in [-0.2, -0.15) is 0 Å². The average molecular weight is 340 g/mol. The molecule has 2 atom stereocenters. The summed E-state index contributed by atoms with van der Waals surface area (Å²) >= 11 is 0. The Labute approximate surface area is 139 Å². The molecule has 2 saturated heterocycles. The predicted octanol–water partition coefficient (Wildman–Crippen LogP) is 1.05. The van der Waals surface area contributed by atoms with E-state index in [9.17, 15) is 8.42 Å². The van der Waals surface area contributed by atoms with Gasteiger partial charge in [0.25, 0.3) is 0 Å². The number of hydrogen-bond acceptors (Lipinski definition) is 5. The molecule has 1 aromatic heterocycles. The number of aryl methyl sites for hydroxylation is 1. The van der Waals surface area contributed by atoms with E-state index in [1.54, 1.807) is 6.33 Å². The summed E-state index contributed by atoms with van der Waals surface area (Å²) in [6.07, 6.45) is 2.84. The van der Waals surface area contributed by atoms with Crippen molar-refractivity contribution in [2.24, 2.45) is 5.92 Å². The maximum atomic E-state index is 12.2. The zero-order valence-corrected chi connectivity index (χ0v) is 15.1. The smallest absolute Gasteiger partial charge is 0.153 e. The molecule has 2 aliphatic rings. The van der Waals surface area contributed by atoms with Crippen LogP contribution in [0.25, 0.3) is 0 Å². The van der Waals surface area contributed by atoms with E-state index in [0.29, 0.717) is 17.4 Å². The van der Waals surface area contributed by atoms with Gasteiger partial charge >= 0.3 is 0 Å². The van der Waals surface area contributed by atoms with Gasteiger partial charge in [0.15, 0.2) is 9.84 Å². The molecule has 23 heavy (non-hydrogen) atoms. The second-order valence-electron chi connectivity index (χ2n) is 7.37. The van der Waals surface area contributed by atoms with Crippen LogP contribution < -0.4 is 0 Å². The number of hydrogen-bond donors (Lipinski definition) is 1. The van der Waals surface area contributed by atoms with Crippen molar-refractivity contribution in [1.82, 2.24) is 19.8 Å². The fourth-order valence-electron chi connectivity index (χ4n) is 3.73. The topological polar surface area (TPSA) is 69.3 Å². The van der Waals surface area contributed by atoms with Crippen LogP contribution in [0.4, 0.5) is 0 Å². The van der Waals surface area contributed by atoms with Crippen molar-refractivity contribution in [2.75, 3.05) is 31.1 Å². The molecule has 0 aromatic carbocycles. The summed E-state index contributed by atoms with van der Waals surface area (Å²) in [7, 11) is -2.93. The Bertz CT molecular complexity index is 640. The average Bonchev–Trinajstić information content (AvgIpc) is 3.00. The third-order valence-electron chi connectivity index (χ3n) is 5.19. The first-order chi connectivity index (χ1) is 10.9. The highest BCUT2D eigenvalue weighted by Crippen LogP contribution is 2.28. The lowest BCUT2D eigenvalue weighted by molar-refractivity contribution is 0.0371. The van der Waals surface area contributed by atoms with Gasteiger partial charge in [-0.05, 0) is 25.8 Å². The summed E-state index contributed by atoms with van der Waals surface area (Å²) in [5.41, 5.74) is 2.10. The van der Waals surface area contributed by atoms with Crippen LogP contribution in [0.5, 0.6) is 0 Å². The molecule has 3 rings (SSSR count). The van der Waals surface area contributed by atoms with Gasteiger partial charge in [-0.25, -0.2) is 13.4 Å². The molecule has 130 valence electrons. The van der Waals surface area contributed by atoms with E-state index in [2.05, 4.69) is 33.6 Å². The molecule has 0 radical (unpaired) electrons. The maximum Gasteiger partial charge on any atom is 0.153 e. The number of aromatic amines is 1. The SMILES string of the molecule is Cc1[nH]cnc1CN1CCN(CCC(C)C)[C@H]2CS(=O)(=O)C[C@H]21. The number of imidazole rings is 1. The van der Waals surface area contributed by atoms with Crippen LogP contribution in [0.3, 0.4) is 0 Å². The quantitative estimate of drug-likeness (QED) is 0.868. The van der Waals surface area contributed by atoms with E-state index >= 15 is 0 Å². The third kappa shape index (κ3) is 3.78. The summed E-state index contributed by atoms with van der Waals surface area (Å²) in [5.74, 6) is 1.25. The highest BCUT2D eigenvalue weighted by Gasteiger charge is 2.46. The van der Waals surface area contributed by atoms with Crippen molar-refractivity contribution < 1.29 is 8.42 Å². The molecular weight excluding hydrogens is 312 g/mol. The second-order valence-corrected chi connectivity index (χ2v) is 9.53. The highest BCUT2D eigenvalue weighted by atomic mass is 32.2. The minimum atomic E-state index is -2.93. The zero-order valence-electron chi connectivity index (χ0n) is 14.3. The molecule has 0 spiro atoms. The fourth-order valence-corrected chi connectivity index (χ4v) is 5.78. The summed E-state index contributed by atoms with van der Waals surface area (Å²) in [6.45, 7) is 10.1. The van der Waals surface area contributed by atoms with Gasteiger partial charge in [-0.15, -0.1) is 0 Å². The lowest BCUT2D eigenvalue weighted by Crippen LogP contribution is -2.58. The number of piperazine rings is 1. The molecule has 3 heterocycles. The number of rotatable bonds is 5. The molecule has 0 amide bonds. The van der Waals surface area contributed by atoms with Crippen molar-refractivity contribution in [1.29, 1.82) is 0 Å². The second kappa shape index (κ2) is 6.53. The van der Waals surface area contributed by atoms with E-state index in [4.69, 9.17) is 0 Å². The van der Waals surface area contributed by atoms with Crippen LogP contribution in [0, 0.1) is 12.8 Å². The van der Waals surface area contributed by atoms with Gasteiger partial charge in [0.2, 0.25) is 0 Å². The van der Waals surface area contributed by atoms with E-state index in [1.807, 2.05) is 6.92 Å². The minimum absolute atomic E-state index is 0.108. The Balaban J connectivity index is 1.74. The maximum absolute atomic E-state index is 12.2. The summed E-state index contributed by atoms with van der Waals surface area (Å²) in [5, 5.41) is 0. The first-order valence-corrected chi connectivity index (χ1v) is 10.4. The van der Waals surface area contributed by atoms with Crippen LogP contribution >= 0.6 is 0 Å². The monoisotopic (exact) mass is 340 g/mol. The Kier molecular flexibility index (Phi) is 4.80. The van der Waals surface area contributed by atoms with Gasteiger partial charge in [0, 0.05) is 37.4 Å². The minimum Gasteiger partial charge on any atom is -0.348 e. The normalized spacial score (nSPS) is 28.3. The molecule has 0 unspecified atom stereocenters. The predicted molar refractivity (Wildman–Crippen MR) is 91.0 cm³/mol. The fraction of sp³-hybridized carbons (Fsp3) is 0.812. The molecule has 1 N–H and O–H groups in total. The number of nitrogens with zero attached hydrogens (tertiary/aromatic N) is 3. The lowest BCUT2D eigenvalue weighted by Gasteiger charge is -2.44. The molecule has 0 saturated carbocycles. The van der Waals surface area contributed by atoms with E-state index < -0.39 is 9.84 Å². The molecule has 0 bridgehead atoms. The number of H-pyrrole nitrogens is 1. The van der Waals surface area contributed by atoms with E-state index in [-0.39, 0.29) is 12.1 Å². The molecule has 7 heteroatoms. The standard InChI is InChI=1S/C16H28N4O2S/c1-12(2)4-5-19-6-7-20(8-14-13(3)17-11-18-14)16-10-23(21,22)9-15(16)19/h11-12,15-16H,4-10H2,1-3H3,(H,17,18)/t15-,16+/m0/s1. The first-order valence-electron chi connectivity index (χ1n) is 8.53. The van der Waals surface area contributed by atoms with Crippen molar-refractivity contribution in [3.05, 3.63) is 17.7 Å². The molecular formula is C16H28N4O2S. The zero-order chi connectivity index (χ0) is 16.6. The number of aromatic nitrogens is 2. The largest absolute Gasteiger partial charge is 0.348 e. The third-order valence-corrected chi connectivity index (χ3v) is 6.89. The first kappa shape index (κ1) is 16.9. The molecule has 2 fully saturated rings. The van der Waals surface area contributed by atoms with Gasteiger partial charge < -0.3 is 4.98 Å². The van der Waals surface area contributed by atoms with E-state index in [1.165, 1.54) is 0 Å². The summed E-state index contributed by atoms with van der Waals surface area (Å²) in [6, 6.07) is 0.253. The molecule has 0 aliphatic carbocycles. The Morgan fingerprint density at radius 3 is 2.52 bits per heavy atom. The van der Waals surface area contributed by atoms with Crippen LogP contribution in [0.15, 0.2) is 6.33 Å². The van der Waals surface area contributed by atoms with Crippen LogP contribution in [0.1, 0.15) is 31.7 Å². The highest BCUT2D eigenvalue weighted by molar-refractivity contribution is 7.91. The number of fused-ring (bicyclic) bond motifs is 1. The van der Waals surface area contributed by atoms with Gasteiger partial charge in [-0.1, -0.05) is 13.8 Å². The van der Waals surface area contributed by atoms with Gasteiger partial charge in [0.1, 0.15) is 0 Å². The summed E-state index contributed by atoms with van der Waals surface area (Å²) < 4.78 is 24.4. The summed E-state index contributed by atoms with van der Waals surface area (Å²) in [4.78, 5) is 12.2. The van der Waals surface area contributed by atoms with Crippen molar-refractivity contribution >= 4 is 9.84 Å². The van der Waals surface area contributed by atoms with Crippen LogP contribution in [-0.4, -0.2) is 71.4 Å². The van der Waals surface area contributed by atoms with Crippen LogP contribution in [0.2, 0.25) is 0 Å². The van der Waals surface area contributed by atoms with Crippen molar-refractivity contribution in [2.45, 2.75) is 45.8 Å². The van der Waals surface area contributed by atoms with Gasteiger partial charge in [-0.3, -0.25) is 9.80 Å². The Morgan fingerprint density at radius 1 is 1.26 bits per heavy atom. The molecule has 2 aliphatic heterocycles. The molecule has 1 aromatic rings. The number of nitrogens with one attached hydrogen (secondary N) is 1. The van der Waals surface area contributed by atoms with E-state index in [0.717, 1.165) is 44.0 Å². The van der Waals surface area contributed by atoms with Crippen LogP contribution in [-0.2, 0) is 16.4 Å². The Morgan fingerprint density at radius 2 is 1.91 bits per heavy atom. The van der Waals surface area contributed by atoms with Crippen molar-refractivity contribution in [3.63, 3.8) is 0 Å². The van der Waals surface area contributed by atoms with Gasteiger partial charge in [0.05, 0.1) is 23.5 Å². The molecule has 6 nitrogen and oxygen atoms in total. The number of sulfone groups is 1. The Hall–Kier alpha value is -0.920. The van der Waals surface area contributed by atoms with Crippen molar-refractivity contribution in [3.8, 4) is 0 Å².